The highest BCUT2D eigenvalue weighted by Gasteiger charge is 2.23. The summed E-state index contributed by atoms with van der Waals surface area (Å²) < 4.78 is 29.3. The Morgan fingerprint density at radius 3 is 2.38 bits per heavy atom. The zero-order valence-electron chi connectivity index (χ0n) is 10.7. The molecule has 0 amide bonds. The molecule has 21 heavy (non-hydrogen) atoms. The average molecular weight is 500 g/mol. The number of nitrogens with zero attached hydrogens (tertiary/aromatic N) is 1. The molecule has 0 aliphatic heterocycles. The molecule has 0 spiro atoms. The maximum Gasteiger partial charge on any atom is 0.266 e. The van der Waals surface area contributed by atoms with Gasteiger partial charge in [0.1, 0.15) is 10.7 Å². The van der Waals surface area contributed by atoms with Crippen LogP contribution in [0.1, 0.15) is 5.56 Å². The van der Waals surface area contributed by atoms with Gasteiger partial charge in [0.05, 0.1) is 5.69 Å². The van der Waals surface area contributed by atoms with Gasteiger partial charge >= 0.3 is 0 Å². The average Bonchev–Trinajstić information content (AvgIpc) is 2.30. The molecule has 9 heteroatoms. The SMILES string of the molecule is Cc1cc(Br)cnc1NS(=O)(=O)c1c(N)cc(Br)cc1Br. The van der Waals surface area contributed by atoms with Crippen LogP contribution in [0.15, 0.2) is 42.7 Å². The van der Waals surface area contributed by atoms with Gasteiger partial charge in [-0.1, -0.05) is 15.9 Å². The molecule has 1 aromatic carbocycles. The first-order valence-electron chi connectivity index (χ1n) is 5.60. The summed E-state index contributed by atoms with van der Waals surface area (Å²) in [7, 11) is -3.85. The van der Waals surface area contributed by atoms with E-state index in [0.29, 0.717) is 14.5 Å². The lowest BCUT2D eigenvalue weighted by Crippen LogP contribution is -2.17. The number of hydrogen-bond donors (Lipinski definition) is 2. The van der Waals surface area contributed by atoms with Gasteiger partial charge in [-0.3, -0.25) is 4.72 Å². The zero-order valence-corrected chi connectivity index (χ0v) is 16.3. The topological polar surface area (TPSA) is 85.1 Å². The fraction of sp³-hybridized carbons (Fsp3) is 0.0833. The van der Waals surface area contributed by atoms with Crippen LogP contribution in [0.5, 0.6) is 0 Å². The summed E-state index contributed by atoms with van der Waals surface area (Å²) >= 11 is 9.76. The number of nitrogens with two attached hydrogens (primary N) is 1. The number of aryl methyl sites for hydroxylation is 1. The molecule has 0 aliphatic carbocycles. The van der Waals surface area contributed by atoms with Gasteiger partial charge in [0.2, 0.25) is 0 Å². The minimum atomic E-state index is -3.85. The van der Waals surface area contributed by atoms with E-state index < -0.39 is 10.0 Å². The lowest BCUT2D eigenvalue weighted by Gasteiger charge is -2.13. The summed E-state index contributed by atoms with van der Waals surface area (Å²) in [6.07, 6.45) is 1.52. The third-order valence-electron chi connectivity index (χ3n) is 2.58. The molecule has 1 aromatic heterocycles. The zero-order chi connectivity index (χ0) is 15.8. The number of pyridine rings is 1. The van der Waals surface area contributed by atoms with E-state index in [9.17, 15) is 8.42 Å². The number of aromatic nitrogens is 1. The van der Waals surface area contributed by atoms with Gasteiger partial charge in [-0.2, -0.15) is 0 Å². The lowest BCUT2D eigenvalue weighted by molar-refractivity contribution is 0.601. The fourth-order valence-electron chi connectivity index (χ4n) is 1.69. The van der Waals surface area contributed by atoms with E-state index in [-0.39, 0.29) is 16.4 Å². The molecular weight excluding hydrogens is 490 g/mol. The standard InChI is InChI=1S/C12H10Br3N3O2S/c1-6-2-8(14)5-17-12(6)18-21(19,20)11-9(15)3-7(13)4-10(11)16/h2-5H,16H2,1H3,(H,17,18). The molecule has 1 heterocycles. The first kappa shape index (κ1) is 16.7. The molecule has 0 unspecified atom stereocenters. The molecule has 0 saturated heterocycles. The lowest BCUT2D eigenvalue weighted by atomic mass is 10.3. The first-order chi connectivity index (χ1) is 9.70. The number of anilines is 2. The largest absolute Gasteiger partial charge is 0.398 e. The molecule has 3 N–H and O–H groups in total. The highest BCUT2D eigenvalue weighted by atomic mass is 79.9. The van der Waals surface area contributed by atoms with Crippen LogP contribution in [-0.4, -0.2) is 13.4 Å². The van der Waals surface area contributed by atoms with Crippen molar-refractivity contribution in [3.05, 3.63) is 43.4 Å². The molecule has 0 fully saturated rings. The van der Waals surface area contributed by atoms with Gasteiger partial charge in [0.15, 0.2) is 0 Å². The molecule has 0 radical (unpaired) electrons. The predicted octanol–water partition coefficient (Wildman–Crippen LogP) is 4.06. The molecule has 0 aliphatic rings. The summed E-state index contributed by atoms with van der Waals surface area (Å²) in [5.74, 6) is 0.257. The molecule has 2 aromatic rings. The molecular formula is C12H10Br3N3O2S. The van der Waals surface area contributed by atoms with Crippen LogP contribution in [-0.2, 0) is 10.0 Å². The van der Waals surface area contributed by atoms with Gasteiger partial charge < -0.3 is 5.73 Å². The highest BCUT2D eigenvalue weighted by molar-refractivity contribution is 9.11. The maximum atomic E-state index is 12.5. The van der Waals surface area contributed by atoms with Crippen molar-refractivity contribution in [3.8, 4) is 0 Å². The summed E-state index contributed by atoms with van der Waals surface area (Å²) in [6.45, 7) is 1.76. The Morgan fingerprint density at radius 2 is 1.81 bits per heavy atom. The van der Waals surface area contributed by atoms with Crippen molar-refractivity contribution in [3.63, 3.8) is 0 Å². The van der Waals surface area contributed by atoms with Crippen molar-refractivity contribution in [1.29, 1.82) is 0 Å². The van der Waals surface area contributed by atoms with Crippen molar-refractivity contribution in [2.24, 2.45) is 0 Å². The Morgan fingerprint density at radius 1 is 1.14 bits per heavy atom. The van der Waals surface area contributed by atoms with Crippen LogP contribution < -0.4 is 10.5 Å². The van der Waals surface area contributed by atoms with E-state index in [2.05, 4.69) is 57.5 Å². The van der Waals surface area contributed by atoms with Crippen LogP contribution >= 0.6 is 47.8 Å². The van der Waals surface area contributed by atoms with Crippen molar-refractivity contribution in [2.45, 2.75) is 11.8 Å². The second-order valence-electron chi connectivity index (χ2n) is 4.23. The van der Waals surface area contributed by atoms with Gasteiger partial charge in [-0.15, -0.1) is 0 Å². The minimum absolute atomic E-state index is 0.0187. The quantitative estimate of drug-likeness (QED) is 0.624. The Hall–Kier alpha value is -0.640. The second-order valence-corrected chi connectivity index (χ2v) is 8.54. The van der Waals surface area contributed by atoms with E-state index in [4.69, 9.17) is 5.73 Å². The van der Waals surface area contributed by atoms with Gasteiger partial charge in [0.25, 0.3) is 10.0 Å². The maximum absolute atomic E-state index is 12.5. The molecule has 0 bridgehead atoms. The number of benzene rings is 1. The number of halogens is 3. The van der Waals surface area contributed by atoms with Gasteiger partial charge in [-0.05, 0) is 62.5 Å². The van der Waals surface area contributed by atoms with Crippen LogP contribution in [0.25, 0.3) is 0 Å². The number of nitrogens with one attached hydrogen (secondary N) is 1. The minimum Gasteiger partial charge on any atom is -0.398 e. The molecule has 0 saturated carbocycles. The molecule has 0 atom stereocenters. The van der Waals surface area contributed by atoms with Crippen LogP contribution in [0.3, 0.4) is 0 Å². The summed E-state index contributed by atoms with van der Waals surface area (Å²) in [5, 5.41) is 0. The Balaban J connectivity index is 2.48. The monoisotopic (exact) mass is 497 g/mol. The van der Waals surface area contributed by atoms with Gasteiger partial charge in [0, 0.05) is 19.6 Å². The summed E-state index contributed by atoms with van der Waals surface area (Å²) in [4.78, 5) is 4.04. The van der Waals surface area contributed by atoms with E-state index in [1.807, 2.05) is 0 Å². The van der Waals surface area contributed by atoms with E-state index in [1.165, 1.54) is 12.3 Å². The third kappa shape index (κ3) is 3.77. The molecule has 2 rings (SSSR count). The van der Waals surface area contributed by atoms with Crippen molar-refractivity contribution in [2.75, 3.05) is 10.5 Å². The Kier molecular flexibility index (Phi) is 4.96. The van der Waals surface area contributed by atoms with Crippen LogP contribution in [0.4, 0.5) is 11.5 Å². The first-order valence-corrected chi connectivity index (χ1v) is 9.46. The van der Waals surface area contributed by atoms with Crippen molar-refractivity contribution >= 4 is 69.3 Å². The second kappa shape index (κ2) is 6.23. The number of hydrogen-bond acceptors (Lipinski definition) is 4. The molecule has 112 valence electrons. The van der Waals surface area contributed by atoms with E-state index in [1.54, 1.807) is 19.1 Å². The third-order valence-corrected chi connectivity index (χ3v) is 5.82. The smallest absolute Gasteiger partial charge is 0.266 e. The van der Waals surface area contributed by atoms with Crippen molar-refractivity contribution < 1.29 is 8.42 Å². The summed E-state index contributed by atoms with van der Waals surface area (Å²) in [6, 6.07) is 4.92. The highest BCUT2D eigenvalue weighted by Crippen LogP contribution is 2.33. The molecule has 5 nitrogen and oxygen atoms in total. The van der Waals surface area contributed by atoms with Crippen LogP contribution in [0.2, 0.25) is 0 Å². The van der Waals surface area contributed by atoms with E-state index in [0.717, 1.165) is 4.47 Å². The predicted molar refractivity (Wildman–Crippen MR) is 93.7 cm³/mol. The normalized spacial score (nSPS) is 11.4. The van der Waals surface area contributed by atoms with E-state index >= 15 is 0 Å². The number of rotatable bonds is 3. The Labute approximate surface area is 147 Å². The van der Waals surface area contributed by atoms with Gasteiger partial charge in [-0.25, -0.2) is 13.4 Å². The van der Waals surface area contributed by atoms with Crippen molar-refractivity contribution in [1.82, 2.24) is 4.98 Å². The number of sulfonamides is 1. The fourth-order valence-corrected chi connectivity index (χ4v) is 5.29. The Bertz CT molecular complexity index is 786. The number of nitrogen functional groups attached to an aromatic ring is 1. The summed E-state index contributed by atoms with van der Waals surface area (Å²) in [5.41, 5.74) is 6.65. The van der Waals surface area contributed by atoms with Crippen LogP contribution in [0, 0.1) is 6.92 Å².